The van der Waals surface area contributed by atoms with Gasteiger partial charge in [-0.15, -0.1) is 0 Å². The standard InChI is InChI=1S/C12H18N2O/c1-10(6-5-9-13)14-12(15)11-7-3-2-4-8-11/h2-4,7-8,10H,5-6,9,13H2,1H3,(H,14,15). The summed E-state index contributed by atoms with van der Waals surface area (Å²) in [5.41, 5.74) is 6.11. The van der Waals surface area contributed by atoms with Crippen molar-refractivity contribution in [3.05, 3.63) is 35.9 Å². The zero-order valence-electron chi connectivity index (χ0n) is 9.07. The topological polar surface area (TPSA) is 55.1 Å². The van der Waals surface area contributed by atoms with Crippen LogP contribution >= 0.6 is 0 Å². The smallest absolute Gasteiger partial charge is 0.251 e. The molecule has 1 unspecified atom stereocenters. The molecule has 1 amide bonds. The van der Waals surface area contributed by atoms with Crippen LogP contribution in [0, 0.1) is 0 Å². The average molecular weight is 206 g/mol. The van der Waals surface area contributed by atoms with E-state index in [9.17, 15) is 4.79 Å². The van der Waals surface area contributed by atoms with Gasteiger partial charge in [0.1, 0.15) is 0 Å². The highest BCUT2D eigenvalue weighted by atomic mass is 16.1. The predicted molar refractivity (Wildman–Crippen MR) is 61.7 cm³/mol. The fourth-order valence-corrected chi connectivity index (χ4v) is 1.39. The summed E-state index contributed by atoms with van der Waals surface area (Å²) in [6.45, 7) is 2.67. The molecular formula is C12H18N2O. The quantitative estimate of drug-likeness (QED) is 0.768. The molecule has 1 aromatic carbocycles. The summed E-state index contributed by atoms with van der Waals surface area (Å²) in [6, 6.07) is 9.42. The lowest BCUT2D eigenvalue weighted by molar-refractivity contribution is 0.0938. The van der Waals surface area contributed by atoms with Crippen LogP contribution in [0.15, 0.2) is 30.3 Å². The van der Waals surface area contributed by atoms with Gasteiger partial charge in [-0.05, 0) is 38.4 Å². The highest BCUT2D eigenvalue weighted by Crippen LogP contribution is 2.01. The molecule has 0 radical (unpaired) electrons. The van der Waals surface area contributed by atoms with Crippen LogP contribution in [-0.4, -0.2) is 18.5 Å². The molecule has 0 aromatic heterocycles. The maximum atomic E-state index is 11.7. The van der Waals surface area contributed by atoms with E-state index in [0.717, 1.165) is 12.8 Å². The average Bonchev–Trinajstić information content (AvgIpc) is 2.27. The van der Waals surface area contributed by atoms with E-state index in [4.69, 9.17) is 5.73 Å². The van der Waals surface area contributed by atoms with Gasteiger partial charge in [0, 0.05) is 11.6 Å². The molecule has 0 bridgehead atoms. The maximum Gasteiger partial charge on any atom is 0.251 e. The molecular weight excluding hydrogens is 188 g/mol. The molecule has 0 aliphatic rings. The van der Waals surface area contributed by atoms with E-state index in [-0.39, 0.29) is 11.9 Å². The minimum Gasteiger partial charge on any atom is -0.350 e. The van der Waals surface area contributed by atoms with E-state index in [2.05, 4.69) is 5.32 Å². The molecule has 0 aliphatic heterocycles. The van der Waals surface area contributed by atoms with Crippen LogP contribution < -0.4 is 11.1 Å². The first kappa shape index (κ1) is 11.7. The van der Waals surface area contributed by atoms with Crippen molar-refractivity contribution in [1.82, 2.24) is 5.32 Å². The molecule has 3 N–H and O–H groups in total. The number of hydrogen-bond acceptors (Lipinski definition) is 2. The Morgan fingerprint density at radius 1 is 1.40 bits per heavy atom. The molecule has 3 nitrogen and oxygen atoms in total. The zero-order chi connectivity index (χ0) is 11.1. The van der Waals surface area contributed by atoms with Crippen molar-refractivity contribution in [1.29, 1.82) is 0 Å². The second-order valence-corrected chi connectivity index (χ2v) is 3.67. The first-order valence-electron chi connectivity index (χ1n) is 5.30. The van der Waals surface area contributed by atoms with Crippen molar-refractivity contribution >= 4 is 5.91 Å². The van der Waals surface area contributed by atoms with Gasteiger partial charge in [0.25, 0.3) is 5.91 Å². The Balaban J connectivity index is 2.42. The van der Waals surface area contributed by atoms with Crippen molar-refractivity contribution < 1.29 is 4.79 Å². The molecule has 1 rings (SSSR count). The van der Waals surface area contributed by atoms with E-state index in [1.165, 1.54) is 0 Å². The number of amides is 1. The second kappa shape index (κ2) is 6.19. The van der Waals surface area contributed by atoms with Crippen LogP contribution in [0.2, 0.25) is 0 Å². The third-order valence-corrected chi connectivity index (χ3v) is 2.25. The van der Waals surface area contributed by atoms with Gasteiger partial charge in [0.2, 0.25) is 0 Å². The Bertz CT molecular complexity index is 298. The van der Waals surface area contributed by atoms with Crippen molar-refractivity contribution in [2.45, 2.75) is 25.8 Å². The molecule has 0 heterocycles. The van der Waals surface area contributed by atoms with E-state index in [0.29, 0.717) is 12.1 Å². The van der Waals surface area contributed by atoms with Gasteiger partial charge in [-0.2, -0.15) is 0 Å². The monoisotopic (exact) mass is 206 g/mol. The zero-order valence-corrected chi connectivity index (χ0v) is 9.07. The summed E-state index contributed by atoms with van der Waals surface area (Å²) in [5.74, 6) is -0.0138. The number of nitrogens with two attached hydrogens (primary N) is 1. The number of rotatable bonds is 5. The lowest BCUT2D eigenvalue weighted by atomic mass is 10.1. The second-order valence-electron chi connectivity index (χ2n) is 3.67. The van der Waals surface area contributed by atoms with Crippen LogP contribution in [0.3, 0.4) is 0 Å². The summed E-state index contributed by atoms with van der Waals surface area (Å²) in [5, 5.41) is 2.94. The Labute approximate surface area is 90.7 Å². The summed E-state index contributed by atoms with van der Waals surface area (Å²) >= 11 is 0. The van der Waals surface area contributed by atoms with Gasteiger partial charge in [-0.1, -0.05) is 18.2 Å². The summed E-state index contributed by atoms with van der Waals surface area (Å²) < 4.78 is 0. The largest absolute Gasteiger partial charge is 0.350 e. The van der Waals surface area contributed by atoms with Crippen LogP contribution in [0.4, 0.5) is 0 Å². The number of hydrogen-bond donors (Lipinski definition) is 2. The molecule has 0 saturated heterocycles. The molecule has 0 aliphatic carbocycles. The van der Waals surface area contributed by atoms with E-state index in [1.807, 2.05) is 37.3 Å². The third kappa shape index (κ3) is 4.13. The molecule has 1 atom stereocenters. The molecule has 1 aromatic rings. The SMILES string of the molecule is CC(CCCN)NC(=O)c1ccccc1. The fourth-order valence-electron chi connectivity index (χ4n) is 1.39. The Morgan fingerprint density at radius 3 is 2.67 bits per heavy atom. The van der Waals surface area contributed by atoms with Gasteiger partial charge in [-0.3, -0.25) is 4.79 Å². The number of benzene rings is 1. The Kier molecular flexibility index (Phi) is 4.84. The molecule has 0 spiro atoms. The number of carbonyl (C=O) groups is 1. The van der Waals surface area contributed by atoms with Crippen LogP contribution in [0.5, 0.6) is 0 Å². The Morgan fingerprint density at radius 2 is 2.07 bits per heavy atom. The van der Waals surface area contributed by atoms with Gasteiger partial charge < -0.3 is 11.1 Å². The lowest BCUT2D eigenvalue weighted by Crippen LogP contribution is -2.32. The van der Waals surface area contributed by atoms with Gasteiger partial charge >= 0.3 is 0 Å². The molecule has 15 heavy (non-hydrogen) atoms. The minimum atomic E-state index is -0.0138. The van der Waals surface area contributed by atoms with Crippen LogP contribution in [-0.2, 0) is 0 Å². The summed E-state index contributed by atoms with van der Waals surface area (Å²) in [6.07, 6.45) is 1.87. The Hall–Kier alpha value is -1.35. The fraction of sp³-hybridized carbons (Fsp3) is 0.417. The number of nitrogens with one attached hydrogen (secondary N) is 1. The normalized spacial score (nSPS) is 12.1. The third-order valence-electron chi connectivity index (χ3n) is 2.25. The lowest BCUT2D eigenvalue weighted by Gasteiger charge is -2.13. The van der Waals surface area contributed by atoms with Crippen molar-refractivity contribution in [3.63, 3.8) is 0 Å². The highest BCUT2D eigenvalue weighted by Gasteiger charge is 2.08. The first-order valence-corrected chi connectivity index (χ1v) is 5.30. The van der Waals surface area contributed by atoms with Gasteiger partial charge in [0.15, 0.2) is 0 Å². The number of carbonyl (C=O) groups excluding carboxylic acids is 1. The van der Waals surface area contributed by atoms with Crippen LogP contribution in [0.1, 0.15) is 30.1 Å². The molecule has 82 valence electrons. The van der Waals surface area contributed by atoms with E-state index >= 15 is 0 Å². The van der Waals surface area contributed by atoms with Crippen LogP contribution in [0.25, 0.3) is 0 Å². The van der Waals surface area contributed by atoms with Crippen molar-refractivity contribution in [3.8, 4) is 0 Å². The predicted octanol–water partition coefficient (Wildman–Crippen LogP) is 1.54. The molecule has 0 fully saturated rings. The maximum absolute atomic E-state index is 11.7. The highest BCUT2D eigenvalue weighted by molar-refractivity contribution is 5.94. The summed E-state index contributed by atoms with van der Waals surface area (Å²) in [7, 11) is 0. The van der Waals surface area contributed by atoms with Crippen molar-refractivity contribution in [2.24, 2.45) is 5.73 Å². The first-order chi connectivity index (χ1) is 7.24. The van der Waals surface area contributed by atoms with Gasteiger partial charge in [-0.25, -0.2) is 0 Å². The molecule has 0 saturated carbocycles. The van der Waals surface area contributed by atoms with E-state index in [1.54, 1.807) is 0 Å². The minimum absolute atomic E-state index is 0.0138. The van der Waals surface area contributed by atoms with Crippen molar-refractivity contribution in [2.75, 3.05) is 6.54 Å². The van der Waals surface area contributed by atoms with Gasteiger partial charge in [0.05, 0.1) is 0 Å². The summed E-state index contributed by atoms with van der Waals surface area (Å²) in [4.78, 5) is 11.7. The van der Waals surface area contributed by atoms with E-state index < -0.39 is 0 Å². The molecule has 3 heteroatoms.